The highest BCUT2D eigenvalue weighted by molar-refractivity contribution is 5.88. The van der Waals surface area contributed by atoms with Crippen molar-refractivity contribution in [2.75, 3.05) is 18.5 Å². The first kappa shape index (κ1) is 21.3. The molecule has 31 heavy (non-hydrogen) atoms. The third-order valence-electron chi connectivity index (χ3n) is 5.43. The second kappa shape index (κ2) is 7.61. The topological polar surface area (TPSA) is 89.3 Å². The van der Waals surface area contributed by atoms with Crippen LogP contribution < -0.4 is 10.9 Å². The maximum absolute atomic E-state index is 13.0. The molecule has 2 N–H and O–H groups in total. The molecule has 0 spiro atoms. The number of aryl methyl sites for hydroxylation is 1. The Morgan fingerprint density at radius 3 is 2.74 bits per heavy atom. The van der Waals surface area contributed by atoms with Gasteiger partial charge in [0.05, 0.1) is 28.6 Å². The van der Waals surface area contributed by atoms with Crippen molar-refractivity contribution >= 4 is 16.7 Å². The molecule has 2 aromatic heterocycles. The van der Waals surface area contributed by atoms with E-state index in [0.717, 1.165) is 12.1 Å². The molecule has 4 rings (SSSR count). The molecule has 0 saturated carbocycles. The number of ether oxygens (including phenoxy) is 1. The number of hydrogen-bond donors (Lipinski definition) is 2. The lowest BCUT2D eigenvalue weighted by atomic mass is 10.0. The lowest BCUT2D eigenvalue weighted by Gasteiger charge is -2.26. The van der Waals surface area contributed by atoms with Crippen LogP contribution in [0.15, 0.2) is 41.3 Å². The van der Waals surface area contributed by atoms with Crippen LogP contribution in [0.5, 0.6) is 0 Å². The molecule has 2 atom stereocenters. The number of nitrogens with zero attached hydrogens (tertiary/aromatic N) is 3. The first-order chi connectivity index (χ1) is 14.6. The minimum atomic E-state index is -4.53. The molecule has 1 fully saturated rings. The van der Waals surface area contributed by atoms with Gasteiger partial charge in [-0.2, -0.15) is 13.2 Å². The minimum absolute atomic E-state index is 0.0312. The van der Waals surface area contributed by atoms with Gasteiger partial charge in [0.15, 0.2) is 6.23 Å². The molecule has 7 nitrogen and oxygen atoms in total. The van der Waals surface area contributed by atoms with Gasteiger partial charge in [0.25, 0.3) is 5.56 Å². The minimum Gasteiger partial charge on any atom is -0.379 e. The fraction of sp³-hybridized carbons (Fsp3) is 0.381. The number of aromatic nitrogens is 3. The summed E-state index contributed by atoms with van der Waals surface area (Å²) in [5.74, 6) is 0.558. The summed E-state index contributed by atoms with van der Waals surface area (Å²) in [5, 5.41) is 13.8. The standard InChI is InChI=1S/C21H21F3N4O3/c1-12-25-16-9-17(29)28(20(2)6-7-31-11-20)10-15(16)18(26-12)27-19(30)13-4-3-5-14(8-13)21(22,23)24/h3-5,8-10,19,30H,6-7,11H2,1-2H3,(H,25,26,27)/t19-,20?/m1/s1. The van der Waals surface area contributed by atoms with Gasteiger partial charge in [-0.15, -0.1) is 0 Å². The van der Waals surface area contributed by atoms with E-state index in [2.05, 4.69) is 15.3 Å². The summed E-state index contributed by atoms with van der Waals surface area (Å²) in [4.78, 5) is 21.3. The van der Waals surface area contributed by atoms with Gasteiger partial charge in [-0.1, -0.05) is 12.1 Å². The summed E-state index contributed by atoms with van der Waals surface area (Å²) in [5.41, 5.74) is -1.24. The predicted molar refractivity (Wildman–Crippen MR) is 108 cm³/mol. The van der Waals surface area contributed by atoms with Crippen molar-refractivity contribution < 1.29 is 23.0 Å². The van der Waals surface area contributed by atoms with Gasteiger partial charge in [-0.25, -0.2) is 9.97 Å². The Kier molecular flexibility index (Phi) is 5.22. The van der Waals surface area contributed by atoms with Crippen LogP contribution in [0.1, 0.15) is 36.5 Å². The van der Waals surface area contributed by atoms with Crippen LogP contribution in [0.3, 0.4) is 0 Å². The normalized spacial score (nSPS) is 20.2. The number of anilines is 1. The third-order valence-corrected chi connectivity index (χ3v) is 5.43. The Morgan fingerprint density at radius 2 is 2.06 bits per heavy atom. The molecule has 0 amide bonds. The van der Waals surface area contributed by atoms with Gasteiger partial charge in [-0.05, 0) is 32.4 Å². The number of aliphatic hydroxyl groups is 1. The van der Waals surface area contributed by atoms with Gasteiger partial charge in [0.2, 0.25) is 0 Å². The van der Waals surface area contributed by atoms with E-state index in [1.165, 1.54) is 18.2 Å². The summed E-state index contributed by atoms with van der Waals surface area (Å²) >= 11 is 0. The Labute approximate surface area is 175 Å². The predicted octanol–water partition coefficient (Wildman–Crippen LogP) is 3.36. The largest absolute Gasteiger partial charge is 0.416 e. The molecule has 3 aromatic rings. The van der Waals surface area contributed by atoms with Gasteiger partial charge in [0, 0.05) is 24.4 Å². The monoisotopic (exact) mass is 434 g/mol. The maximum Gasteiger partial charge on any atom is 0.416 e. The van der Waals surface area contributed by atoms with E-state index < -0.39 is 23.5 Å². The average molecular weight is 434 g/mol. The van der Waals surface area contributed by atoms with Crippen molar-refractivity contribution in [3.05, 3.63) is 63.8 Å². The Bertz CT molecular complexity index is 1190. The third kappa shape index (κ3) is 4.13. The van der Waals surface area contributed by atoms with Crippen LogP contribution in [0.4, 0.5) is 19.0 Å². The number of halogens is 3. The SMILES string of the molecule is Cc1nc(N[C@H](O)c2cccc(C(F)(F)F)c2)c2cn(C3(C)CCOC3)c(=O)cc2n1. The van der Waals surface area contributed by atoms with Gasteiger partial charge in [-0.3, -0.25) is 4.79 Å². The van der Waals surface area contributed by atoms with Crippen LogP contribution in [0, 0.1) is 6.92 Å². The summed E-state index contributed by atoms with van der Waals surface area (Å²) in [7, 11) is 0. The van der Waals surface area contributed by atoms with Crippen molar-refractivity contribution in [2.24, 2.45) is 0 Å². The molecule has 1 aromatic carbocycles. The molecule has 1 saturated heterocycles. The molecule has 1 aliphatic rings. The first-order valence-corrected chi connectivity index (χ1v) is 9.68. The molecule has 0 radical (unpaired) electrons. The van der Waals surface area contributed by atoms with Crippen molar-refractivity contribution in [3.63, 3.8) is 0 Å². The highest BCUT2D eigenvalue weighted by Gasteiger charge is 2.33. The fourth-order valence-electron chi connectivity index (χ4n) is 3.70. The summed E-state index contributed by atoms with van der Waals surface area (Å²) < 4.78 is 46.1. The quantitative estimate of drug-likeness (QED) is 0.613. The molecule has 3 heterocycles. The van der Waals surface area contributed by atoms with Gasteiger partial charge >= 0.3 is 6.18 Å². The smallest absolute Gasteiger partial charge is 0.379 e. The zero-order valence-corrected chi connectivity index (χ0v) is 16.9. The Hall–Kier alpha value is -2.98. The highest BCUT2D eigenvalue weighted by atomic mass is 19.4. The number of hydrogen-bond acceptors (Lipinski definition) is 6. The number of nitrogens with one attached hydrogen (secondary N) is 1. The van der Waals surface area contributed by atoms with Crippen molar-refractivity contribution in [1.29, 1.82) is 0 Å². The van der Waals surface area contributed by atoms with Crippen molar-refractivity contribution in [2.45, 2.75) is 38.2 Å². The summed E-state index contributed by atoms with van der Waals surface area (Å²) in [6.45, 7) is 4.44. The van der Waals surface area contributed by atoms with Gasteiger partial charge < -0.3 is 19.7 Å². The van der Waals surface area contributed by atoms with E-state index in [4.69, 9.17) is 4.74 Å². The average Bonchev–Trinajstić information content (AvgIpc) is 3.14. The lowest BCUT2D eigenvalue weighted by Crippen LogP contribution is -2.38. The molecule has 164 valence electrons. The maximum atomic E-state index is 13.0. The number of rotatable bonds is 4. The van der Waals surface area contributed by atoms with E-state index in [0.29, 0.717) is 36.4 Å². The molecule has 10 heteroatoms. The first-order valence-electron chi connectivity index (χ1n) is 9.68. The lowest BCUT2D eigenvalue weighted by molar-refractivity contribution is -0.137. The number of aliphatic hydroxyl groups excluding tert-OH is 1. The zero-order valence-electron chi connectivity index (χ0n) is 16.9. The van der Waals surface area contributed by atoms with Gasteiger partial charge in [0.1, 0.15) is 11.6 Å². The van der Waals surface area contributed by atoms with Crippen LogP contribution in [0.2, 0.25) is 0 Å². The fourth-order valence-corrected chi connectivity index (χ4v) is 3.70. The van der Waals surface area contributed by atoms with E-state index in [-0.39, 0.29) is 16.9 Å². The van der Waals surface area contributed by atoms with Crippen LogP contribution in [-0.4, -0.2) is 32.9 Å². The zero-order chi connectivity index (χ0) is 22.4. The molecular weight excluding hydrogens is 413 g/mol. The van der Waals surface area contributed by atoms with E-state index in [1.807, 2.05) is 6.92 Å². The number of fused-ring (bicyclic) bond motifs is 1. The molecule has 1 aliphatic heterocycles. The molecular formula is C21H21F3N4O3. The molecule has 1 unspecified atom stereocenters. The van der Waals surface area contributed by atoms with Crippen LogP contribution in [0.25, 0.3) is 10.9 Å². The van der Waals surface area contributed by atoms with Crippen molar-refractivity contribution in [3.8, 4) is 0 Å². The Morgan fingerprint density at radius 1 is 1.29 bits per heavy atom. The second-order valence-electron chi connectivity index (χ2n) is 7.87. The second-order valence-corrected chi connectivity index (χ2v) is 7.87. The Balaban J connectivity index is 1.76. The molecule has 0 aliphatic carbocycles. The molecule has 0 bridgehead atoms. The van der Waals surface area contributed by atoms with E-state index in [9.17, 15) is 23.1 Å². The summed E-state index contributed by atoms with van der Waals surface area (Å²) in [6.07, 6.45) is -3.72. The number of benzene rings is 1. The van der Waals surface area contributed by atoms with Crippen molar-refractivity contribution in [1.82, 2.24) is 14.5 Å². The van der Waals surface area contributed by atoms with E-state index in [1.54, 1.807) is 17.7 Å². The number of alkyl halides is 3. The van der Waals surface area contributed by atoms with Crippen LogP contribution >= 0.6 is 0 Å². The highest BCUT2D eigenvalue weighted by Crippen LogP contribution is 2.32. The van der Waals surface area contributed by atoms with E-state index >= 15 is 0 Å². The van der Waals surface area contributed by atoms with Crippen LogP contribution in [-0.2, 0) is 16.5 Å². The number of pyridine rings is 1. The summed E-state index contributed by atoms with van der Waals surface area (Å²) in [6, 6.07) is 5.81.